The van der Waals surface area contributed by atoms with Gasteiger partial charge < -0.3 is 29.6 Å². The first-order valence-corrected chi connectivity index (χ1v) is 11.3. The van der Waals surface area contributed by atoms with Crippen LogP contribution in [-0.4, -0.2) is 50.8 Å². The van der Waals surface area contributed by atoms with Crippen LogP contribution in [0.4, 0.5) is 5.69 Å². The van der Waals surface area contributed by atoms with Crippen molar-refractivity contribution in [3.63, 3.8) is 0 Å². The molecule has 2 aromatic carbocycles. The number of unbranched alkanes of at least 4 members (excludes halogenated alkanes) is 1. The third-order valence-corrected chi connectivity index (χ3v) is 4.47. The average Bonchev–Trinajstić information content (AvgIpc) is 2.83. The fraction of sp³-hybridized carbons (Fsp3) is 0.400. The molecule has 0 aliphatic rings. The minimum Gasteiger partial charge on any atom is -0.494 e. The lowest BCUT2D eigenvalue weighted by molar-refractivity contribution is -0.146. The Bertz CT molecular complexity index is 945. The Morgan fingerprint density at radius 2 is 1.56 bits per heavy atom. The number of hydrogen-bond acceptors (Lipinski definition) is 7. The molecule has 0 fully saturated rings. The second-order valence-electron chi connectivity index (χ2n) is 7.15. The van der Waals surface area contributed by atoms with Gasteiger partial charge in [-0.1, -0.05) is 13.3 Å². The number of carbonyl (C=O) groups excluding carboxylic acids is 3. The zero-order valence-electron chi connectivity index (χ0n) is 19.8. The number of amides is 2. The van der Waals surface area contributed by atoms with Crippen LogP contribution in [0.25, 0.3) is 0 Å². The van der Waals surface area contributed by atoms with E-state index in [4.69, 9.17) is 18.9 Å². The van der Waals surface area contributed by atoms with Gasteiger partial charge in [-0.05, 0) is 56.7 Å². The van der Waals surface area contributed by atoms with Crippen molar-refractivity contribution < 1.29 is 33.3 Å². The molecule has 0 spiro atoms. The zero-order valence-corrected chi connectivity index (χ0v) is 19.8. The highest BCUT2D eigenvalue weighted by atomic mass is 16.5. The molecule has 0 heterocycles. The van der Waals surface area contributed by atoms with Crippen LogP contribution in [-0.2, 0) is 14.3 Å². The van der Waals surface area contributed by atoms with E-state index < -0.39 is 24.4 Å². The molecule has 34 heavy (non-hydrogen) atoms. The lowest BCUT2D eigenvalue weighted by atomic mass is 10.2. The van der Waals surface area contributed by atoms with Crippen LogP contribution in [0, 0.1) is 0 Å². The first kappa shape index (κ1) is 26.5. The van der Waals surface area contributed by atoms with E-state index >= 15 is 0 Å². The largest absolute Gasteiger partial charge is 0.494 e. The van der Waals surface area contributed by atoms with Crippen LogP contribution >= 0.6 is 0 Å². The summed E-state index contributed by atoms with van der Waals surface area (Å²) in [5.74, 6) is 0.0657. The number of rotatable bonds is 14. The molecule has 0 atom stereocenters. The average molecular weight is 473 g/mol. The van der Waals surface area contributed by atoms with Crippen molar-refractivity contribution in [2.75, 3.05) is 38.3 Å². The molecule has 0 aliphatic heterocycles. The molecular weight excluding hydrogens is 440 g/mol. The van der Waals surface area contributed by atoms with E-state index in [1.54, 1.807) is 42.5 Å². The Hall–Kier alpha value is -3.75. The third-order valence-electron chi connectivity index (χ3n) is 4.47. The molecule has 0 radical (unpaired) electrons. The quantitative estimate of drug-likeness (QED) is 0.319. The van der Waals surface area contributed by atoms with Gasteiger partial charge in [0.25, 0.3) is 11.8 Å². The van der Waals surface area contributed by atoms with Gasteiger partial charge in [0.05, 0.1) is 19.8 Å². The SMILES string of the molecule is CCCCOc1ccc(C(=O)NCC(=O)OCC(=O)Nc2ccc(OCC)c(OCC)c2)cc1. The van der Waals surface area contributed by atoms with Gasteiger partial charge >= 0.3 is 5.97 Å². The van der Waals surface area contributed by atoms with Crippen LogP contribution < -0.4 is 24.8 Å². The maximum absolute atomic E-state index is 12.2. The number of hydrogen-bond donors (Lipinski definition) is 2. The molecule has 0 aliphatic carbocycles. The van der Waals surface area contributed by atoms with Crippen LogP contribution in [0.5, 0.6) is 17.2 Å². The predicted octanol–water partition coefficient (Wildman–Crippen LogP) is 3.57. The smallest absolute Gasteiger partial charge is 0.325 e. The normalized spacial score (nSPS) is 10.2. The van der Waals surface area contributed by atoms with Gasteiger partial charge in [0, 0.05) is 17.3 Å². The maximum Gasteiger partial charge on any atom is 0.325 e. The summed E-state index contributed by atoms with van der Waals surface area (Å²) in [4.78, 5) is 36.2. The van der Waals surface area contributed by atoms with Crippen LogP contribution in [0.2, 0.25) is 0 Å². The van der Waals surface area contributed by atoms with Crippen molar-refractivity contribution in [3.8, 4) is 17.2 Å². The third kappa shape index (κ3) is 9.01. The molecule has 0 saturated heterocycles. The van der Waals surface area contributed by atoms with E-state index in [0.29, 0.717) is 48.3 Å². The van der Waals surface area contributed by atoms with Gasteiger partial charge in [0.15, 0.2) is 18.1 Å². The second-order valence-corrected chi connectivity index (χ2v) is 7.15. The van der Waals surface area contributed by atoms with Gasteiger partial charge in [-0.3, -0.25) is 14.4 Å². The summed E-state index contributed by atoms with van der Waals surface area (Å²) in [7, 11) is 0. The van der Waals surface area contributed by atoms with Gasteiger partial charge in [-0.25, -0.2) is 0 Å². The van der Waals surface area contributed by atoms with Crippen molar-refractivity contribution in [2.24, 2.45) is 0 Å². The van der Waals surface area contributed by atoms with Crippen molar-refractivity contribution >= 4 is 23.5 Å². The standard InChI is InChI=1S/C25H32N2O7/c1-4-7-14-33-20-11-8-18(9-12-20)25(30)26-16-24(29)34-17-23(28)27-19-10-13-21(31-5-2)22(15-19)32-6-3/h8-13,15H,4-7,14,16-17H2,1-3H3,(H,26,30)(H,27,28). The van der Waals surface area contributed by atoms with Crippen LogP contribution in [0.1, 0.15) is 44.0 Å². The Kier molecular flexibility index (Phi) is 11.2. The fourth-order valence-corrected chi connectivity index (χ4v) is 2.81. The van der Waals surface area contributed by atoms with E-state index in [1.807, 2.05) is 13.8 Å². The number of ether oxygens (including phenoxy) is 4. The summed E-state index contributed by atoms with van der Waals surface area (Å²) in [5, 5.41) is 5.10. The van der Waals surface area contributed by atoms with Crippen molar-refractivity contribution in [1.29, 1.82) is 0 Å². The fourth-order valence-electron chi connectivity index (χ4n) is 2.81. The Labute approximate surface area is 199 Å². The molecule has 2 N–H and O–H groups in total. The molecule has 0 bridgehead atoms. The van der Waals surface area contributed by atoms with Gasteiger partial charge in [0.1, 0.15) is 12.3 Å². The Balaban J connectivity index is 1.75. The minimum absolute atomic E-state index is 0.363. The van der Waals surface area contributed by atoms with E-state index in [-0.39, 0.29) is 6.54 Å². The number of carbonyl (C=O) groups is 3. The highest BCUT2D eigenvalue weighted by Crippen LogP contribution is 2.30. The number of esters is 1. The summed E-state index contributed by atoms with van der Waals surface area (Å²) in [5.41, 5.74) is 0.859. The predicted molar refractivity (Wildman–Crippen MR) is 128 cm³/mol. The molecule has 0 saturated carbocycles. The second kappa shape index (κ2) is 14.4. The minimum atomic E-state index is -0.732. The molecule has 2 rings (SSSR count). The van der Waals surface area contributed by atoms with E-state index in [2.05, 4.69) is 17.6 Å². The molecule has 0 unspecified atom stereocenters. The monoisotopic (exact) mass is 472 g/mol. The highest BCUT2D eigenvalue weighted by molar-refractivity contribution is 5.96. The van der Waals surface area contributed by atoms with Gasteiger partial charge in [-0.15, -0.1) is 0 Å². The molecule has 9 heteroatoms. The summed E-state index contributed by atoms with van der Waals surface area (Å²) >= 11 is 0. The summed E-state index contributed by atoms with van der Waals surface area (Å²) in [6.45, 7) is 6.48. The Morgan fingerprint density at radius 3 is 2.24 bits per heavy atom. The summed E-state index contributed by atoms with van der Waals surface area (Å²) in [6.07, 6.45) is 1.99. The lowest BCUT2D eigenvalue weighted by Gasteiger charge is -2.13. The highest BCUT2D eigenvalue weighted by Gasteiger charge is 2.13. The van der Waals surface area contributed by atoms with Gasteiger partial charge in [-0.2, -0.15) is 0 Å². The van der Waals surface area contributed by atoms with E-state index in [0.717, 1.165) is 12.8 Å². The van der Waals surface area contributed by atoms with Crippen molar-refractivity contribution in [1.82, 2.24) is 5.32 Å². The first-order chi connectivity index (χ1) is 16.5. The maximum atomic E-state index is 12.2. The summed E-state index contributed by atoms with van der Waals surface area (Å²) in [6, 6.07) is 11.6. The molecular formula is C25H32N2O7. The Morgan fingerprint density at radius 1 is 0.853 bits per heavy atom. The molecule has 9 nitrogen and oxygen atoms in total. The van der Waals surface area contributed by atoms with Gasteiger partial charge in [0.2, 0.25) is 0 Å². The number of nitrogens with one attached hydrogen (secondary N) is 2. The van der Waals surface area contributed by atoms with Crippen LogP contribution in [0.15, 0.2) is 42.5 Å². The van der Waals surface area contributed by atoms with E-state index in [9.17, 15) is 14.4 Å². The van der Waals surface area contributed by atoms with Crippen molar-refractivity contribution in [2.45, 2.75) is 33.6 Å². The summed E-state index contributed by atoms with van der Waals surface area (Å²) < 4.78 is 21.5. The van der Waals surface area contributed by atoms with Crippen molar-refractivity contribution in [3.05, 3.63) is 48.0 Å². The lowest BCUT2D eigenvalue weighted by Crippen LogP contribution is -2.32. The number of anilines is 1. The van der Waals surface area contributed by atoms with Crippen LogP contribution in [0.3, 0.4) is 0 Å². The molecule has 184 valence electrons. The topological polar surface area (TPSA) is 112 Å². The molecule has 2 aromatic rings. The van der Waals surface area contributed by atoms with E-state index in [1.165, 1.54) is 0 Å². The molecule has 2 amide bonds. The molecule has 0 aromatic heterocycles. The first-order valence-electron chi connectivity index (χ1n) is 11.3. The number of benzene rings is 2. The zero-order chi connectivity index (χ0) is 24.8.